The van der Waals surface area contributed by atoms with Gasteiger partial charge in [-0.1, -0.05) is 35.4 Å². The fourth-order valence-corrected chi connectivity index (χ4v) is 11.1. The first-order chi connectivity index (χ1) is 41.6. The lowest BCUT2D eigenvalue weighted by atomic mass is 9.95. The minimum atomic E-state index is -2.21. The van der Waals surface area contributed by atoms with Crippen LogP contribution in [0.25, 0.3) is 10.4 Å². The summed E-state index contributed by atoms with van der Waals surface area (Å²) in [5.41, 5.74) is 9.03. The van der Waals surface area contributed by atoms with Crippen molar-refractivity contribution in [3.05, 3.63) is 46.3 Å². The third-order valence-electron chi connectivity index (χ3n) is 15.9. The maximum atomic E-state index is 11.3. The lowest BCUT2D eigenvalue weighted by Gasteiger charge is -2.50. The number of hydrogen-bond acceptors (Lipinski definition) is 36. The Labute approximate surface area is 491 Å². The normalized spacial score (nSPS) is 50.0. The van der Waals surface area contributed by atoms with Crippen molar-refractivity contribution in [3.8, 4) is 0 Å². The van der Waals surface area contributed by atoms with Crippen LogP contribution in [0, 0.1) is 0 Å². The Morgan fingerprint density at radius 1 is 0.276 bits per heavy atom. The van der Waals surface area contributed by atoms with Gasteiger partial charge in [0.15, 0.2) is 44.0 Å². The van der Waals surface area contributed by atoms with E-state index in [1.807, 2.05) is 30.3 Å². The van der Waals surface area contributed by atoms with E-state index in [-0.39, 0.29) is 0 Å². The van der Waals surface area contributed by atoms with Gasteiger partial charge in [0.05, 0.1) is 52.8 Å². The highest BCUT2D eigenvalue weighted by atomic mass is 16.8. The second-order valence-corrected chi connectivity index (χ2v) is 21.5. The Bertz CT molecular complexity index is 1930. The molecule has 38 heteroatoms. The third kappa shape index (κ3) is 15.0. The monoisotopic (exact) mass is 1270 g/mol. The summed E-state index contributed by atoms with van der Waals surface area (Å²) in [6.07, 6.45) is -70.2. The third-order valence-corrected chi connectivity index (χ3v) is 15.9. The molecule has 21 heterocycles. The summed E-state index contributed by atoms with van der Waals surface area (Å²) in [7, 11) is 0. The Hall–Kier alpha value is -2.87. The quantitative estimate of drug-likeness (QED) is 0.0620. The van der Waals surface area contributed by atoms with Gasteiger partial charge in [0.1, 0.15) is 171 Å². The standard InChI is InChI=1S/C42H70O35.C7H7N3/c43-1-8-29-15(50)22(57)36(64-8)72-30-9(2-44)66-38(24(59)17(30)52)74-32-11(4-46)68-40(26(61)19(32)54)76-34-13(6-48)70-42(28(63)21(34)56)77-35-14(7-49)69-41(27(62)20(35)55)75-33-12(5-47)67-39(25(60)18(33)53)73-31-10(3-45)65-37(71-29)23(58)16(31)51;8-10-9-6-7-4-2-1-3-5-7/h8-63H,1-7H2;1-5H,6H2/t8-,9-,10-,11-,12-,13-,14-,15-,16-,17-,18-,19-,20-,21-,22-,23-,24-,25-,26-,27-,28-,29-,30-,31-,32-,33-,34-,35-,36-,37-,38-,39-,40-,41-,42-;/m1./s1. The molecule has 22 rings (SSSR count). The van der Waals surface area contributed by atoms with Gasteiger partial charge in [-0.15, -0.1) is 0 Å². The first-order valence-electron chi connectivity index (χ1n) is 27.6. The van der Waals surface area contributed by atoms with E-state index in [4.69, 9.17) is 71.8 Å². The van der Waals surface area contributed by atoms with Crippen molar-refractivity contribution in [1.82, 2.24) is 0 Å². The van der Waals surface area contributed by atoms with Crippen molar-refractivity contribution in [2.75, 3.05) is 46.2 Å². The smallest absolute Gasteiger partial charge is 0.187 e. The van der Waals surface area contributed by atoms with Crippen molar-refractivity contribution < 1.29 is 174 Å². The van der Waals surface area contributed by atoms with Crippen molar-refractivity contribution in [2.24, 2.45) is 5.11 Å². The topological polar surface area (TPSA) is 603 Å². The first kappa shape index (κ1) is 70.0. The van der Waals surface area contributed by atoms with Gasteiger partial charge in [-0.3, -0.25) is 0 Å². The fraction of sp³-hybridized carbons (Fsp3) is 0.878. The van der Waals surface area contributed by atoms with E-state index in [1.165, 1.54) is 0 Å². The molecular weight excluding hydrogens is 1190 g/mol. The average Bonchev–Trinajstić information content (AvgIpc) is 1.51. The van der Waals surface area contributed by atoms with Crippen molar-refractivity contribution in [3.63, 3.8) is 0 Å². The largest absolute Gasteiger partial charge is 0.394 e. The summed E-state index contributed by atoms with van der Waals surface area (Å²) in [6.45, 7) is -6.89. The van der Waals surface area contributed by atoms with E-state index in [0.29, 0.717) is 6.54 Å². The number of rotatable bonds is 9. The van der Waals surface area contributed by atoms with Crippen molar-refractivity contribution in [1.29, 1.82) is 0 Å². The van der Waals surface area contributed by atoms with E-state index in [9.17, 15) is 107 Å². The molecule has 0 saturated carbocycles. The average molecular weight is 1270 g/mol. The fourth-order valence-electron chi connectivity index (χ4n) is 11.1. The van der Waals surface area contributed by atoms with Gasteiger partial charge in [-0.05, 0) is 11.1 Å². The van der Waals surface area contributed by atoms with E-state index >= 15 is 0 Å². The molecule has 21 fully saturated rings. The van der Waals surface area contributed by atoms with Gasteiger partial charge in [0.25, 0.3) is 0 Å². The summed E-state index contributed by atoms with van der Waals surface area (Å²) in [6, 6.07) is 9.62. The molecule has 0 spiro atoms. The lowest BCUT2D eigenvalue weighted by Crippen LogP contribution is -2.68. The Morgan fingerprint density at radius 2 is 0.448 bits per heavy atom. The summed E-state index contributed by atoms with van der Waals surface area (Å²) >= 11 is 0. The minimum Gasteiger partial charge on any atom is -0.394 e. The van der Waals surface area contributed by atoms with Crippen LogP contribution in [-0.2, 0) is 72.9 Å². The molecule has 35 atom stereocenters. The number of azide groups is 1. The molecule has 21 aliphatic rings. The first-order valence-corrected chi connectivity index (χ1v) is 27.6. The number of benzene rings is 1. The molecule has 1 aromatic rings. The summed E-state index contributed by atoms with van der Waals surface area (Å²) in [5.74, 6) is 0. The molecule has 0 radical (unpaired) electrons. The van der Waals surface area contributed by atoms with Crippen LogP contribution < -0.4 is 0 Å². The highest BCUT2D eigenvalue weighted by Gasteiger charge is 2.59. The molecule has 1 aromatic carbocycles. The van der Waals surface area contributed by atoms with Crippen molar-refractivity contribution in [2.45, 2.75) is 221 Å². The molecule has 498 valence electrons. The molecule has 21 saturated heterocycles. The number of hydrogen-bond donors (Lipinski definition) is 21. The second-order valence-electron chi connectivity index (χ2n) is 21.5. The molecule has 0 unspecified atom stereocenters. The Balaban J connectivity index is 0.000000891. The Kier molecular flexibility index (Phi) is 25.1. The van der Waals surface area contributed by atoms with Gasteiger partial charge < -0.3 is 174 Å². The zero-order chi connectivity index (χ0) is 63.3. The zero-order valence-electron chi connectivity index (χ0n) is 45.7. The van der Waals surface area contributed by atoms with Gasteiger partial charge in [0.2, 0.25) is 0 Å². The van der Waals surface area contributed by atoms with Crippen LogP contribution in [0.15, 0.2) is 35.4 Å². The van der Waals surface area contributed by atoms with E-state index in [2.05, 4.69) is 10.0 Å². The van der Waals surface area contributed by atoms with Crippen LogP contribution in [0.3, 0.4) is 0 Å². The van der Waals surface area contributed by atoms with Crippen LogP contribution >= 0.6 is 0 Å². The highest BCUT2D eigenvalue weighted by molar-refractivity contribution is 5.14. The van der Waals surface area contributed by atoms with Crippen molar-refractivity contribution >= 4 is 0 Å². The molecule has 14 bridgehead atoms. The second kappa shape index (κ2) is 31.2. The molecule has 87 heavy (non-hydrogen) atoms. The predicted octanol–water partition coefficient (Wildman–Crippen LogP) is -12.7. The molecular formula is C49H77N3O35. The van der Waals surface area contributed by atoms with Crippen LogP contribution in [0.4, 0.5) is 0 Å². The molecule has 0 aliphatic carbocycles. The number of aliphatic hydroxyl groups is 21. The molecule has 38 nitrogen and oxygen atoms in total. The highest BCUT2D eigenvalue weighted by Crippen LogP contribution is 2.39. The van der Waals surface area contributed by atoms with Gasteiger partial charge in [0, 0.05) is 4.91 Å². The maximum Gasteiger partial charge on any atom is 0.187 e. The summed E-state index contributed by atoms with van der Waals surface area (Å²) in [5, 5.41) is 234. The number of nitrogens with zero attached hydrogens (tertiary/aromatic N) is 3. The number of aliphatic hydroxyl groups excluding tert-OH is 21. The lowest BCUT2D eigenvalue weighted by molar-refractivity contribution is -0.396. The van der Waals surface area contributed by atoms with Gasteiger partial charge >= 0.3 is 0 Å². The van der Waals surface area contributed by atoms with E-state index in [1.54, 1.807) is 0 Å². The zero-order valence-corrected chi connectivity index (χ0v) is 45.7. The molecule has 0 aromatic heterocycles. The predicted molar refractivity (Wildman–Crippen MR) is 268 cm³/mol. The number of ether oxygens (including phenoxy) is 14. The summed E-state index contributed by atoms with van der Waals surface area (Å²) < 4.78 is 79.5. The molecule has 0 amide bonds. The minimum absolute atomic E-state index is 0.442. The molecule has 21 aliphatic heterocycles. The van der Waals surface area contributed by atoms with Gasteiger partial charge in [-0.25, -0.2) is 0 Å². The van der Waals surface area contributed by atoms with E-state index in [0.717, 1.165) is 5.56 Å². The molecule has 21 N–H and O–H groups in total. The Morgan fingerprint density at radius 3 is 0.598 bits per heavy atom. The van der Waals surface area contributed by atoms with Crippen LogP contribution in [0.2, 0.25) is 0 Å². The van der Waals surface area contributed by atoms with Crippen LogP contribution in [-0.4, -0.2) is 368 Å². The SMILES string of the molecule is OC[C@H]1O[C@@H]2O[C@H]3[C@H](O)[C@@H](O)[C@@H](O[C@H]4[C@H](O)[C@@H](O)[C@@H](O[C@H]5[C@H](O)[C@@H](O)[C@@H](O[C@H]6[C@H](O)[C@@H](O)[C@@H](O[C@H]7[C@H](O)[C@@H](O)[C@@H](O[C@H]8[C@H](O)[C@@H](O)[C@@H](O[C@H]1[C@H](O)[C@H]2O)O[C@@H]8CO)O[C@@H]7CO)O[C@@H]6CO)O[C@@H]5CO)O[C@@H]4CO)O[C@@H]3CO.[N-]=[N+]=NCc1ccccc1. The van der Waals surface area contributed by atoms with Crippen LogP contribution in [0.5, 0.6) is 0 Å². The van der Waals surface area contributed by atoms with E-state index < -0.39 is 261 Å². The summed E-state index contributed by atoms with van der Waals surface area (Å²) in [4.78, 5) is 2.66. The maximum absolute atomic E-state index is 11.3. The van der Waals surface area contributed by atoms with Gasteiger partial charge in [-0.2, -0.15) is 0 Å². The van der Waals surface area contributed by atoms with Crippen LogP contribution in [0.1, 0.15) is 5.56 Å².